The van der Waals surface area contributed by atoms with Gasteiger partial charge in [0.15, 0.2) is 5.78 Å². The molecule has 0 amide bonds. The van der Waals surface area contributed by atoms with Gasteiger partial charge in [-0.3, -0.25) is 9.48 Å². The van der Waals surface area contributed by atoms with E-state index in [2.05, 4.69) is 43.6 Å². The maximum absolute atomic E-state index is 12.4. The van der Waals surface area contributed by atoms with Gasteiger partial charge in [0.05, 0.1) is 18.2 Å². The highest BCUT2D eigenvalue weighted by molar-refractivity contribution is 14.1. The highest BCUT2D eigenvalue weighted by Gasteiger charge is 2.19. The van der Waals surface area contributed by atoms with Gasteiger partial charge in [0, 0.05) is 19.8 Å². The first-order valence-corrected chi connectivity index (χ1v) is 9.03. The molecule has 0 aliphatic heterocycles. The number of nitrogens with zero attached hydrogens (tertiary/aromatic N) is 2. The van der Waals surface area contributed by atoms with Gasteiger partial charge in [0.25, 0.3) is 0 Å². The van der Waals surface area contributed by atoms with Crippen molar-refractivity contribution in [2.24, 2.45) is 0 Å². The minimum Gasteiger partial charge on any atom is -0.294 e. The monoisotopic (exact) mass is 458 g/mol. The van der Waals surface area contributed by atoms with Crippen molar-refractivity contribution in [1.82, 2.24) is 9.78 Å². The second kappa shape index (κ2) is 6.60. The summed E-state index contributed by atoms with van der Waals surface area (Å²) in [5.41, 5.74) is 1.59. The average Bonchev–Trinajstić information content (AvgIpc) is 3.11. The zero-order valence-electron chi connectivity index (χ0n) is 11.6. The van der Waals surface area contributed by atoms with Crippen LogP contribution in [0.2, 0.25) is 0 Å². The predicted molar refractivity (Wildman–Crippen MR) is 94.6 cm³/mol. The Hall–Kier alpha value is -0.690. The number of carbonyl (C=O) groups is 1. The highest BCUT2D eigenvalue weighted by atomic mass is 127. The van der Waals surface area contributed by atoms with Crippen LogP contribution in [0.4, 0.5) is 0 Å². The summed E-state index contributed by atoms with van der Waals surface area (Å²) in [4.78, 5) is 12.4. The molecule has 3 rings (SSSR count). The quantitative estimate of drug-likeness (QED) is 0.487. The van der Waals surface area contributed by atoms with E-state index in [0.29, 0.717) is 12.5 Å². The van der Waals surface area contributed by atoms with Crippen molar-refractivity contribution in [3.05, 3.63) is 49.8 Å². The fourth-order valence-corrected chi connectivity index (χ4v) is 3.77. The molecule has 1 aliphatic carbocycles. The van der Waals surface area contributed by atoms with Gasteiger partial charge in [0.2, 0.25) is 0 Å². The molecule has 1 saturated carbocycles. The van der Waals surface area contributed by atoms with Gasteiger partial charge in [-0.25, -0.2) is 0 Å². The van der Waals surface area contributed by atoms with Gasteiger partial charge in [-0.05, 0) is 59.7 Å². The molecule has 1 aliphatic rings. The largest absolute Gasteiger partial charge is 0.294 e. The van der Waals surface area contributed by atoms with Crippen molar-refractivity contribution in [1.29, 1.82) is 0 Å². The van der Waals surface area contributed by atoms with Gasteiger partial charge in [0.1, 0.15) is 0 Å². The Morgan fingerprint density at radius 3 is 2.86 bits per heavy atom. The Morgan fingerprint density at radius 2 is 2.10 bits per heavy atom. The number of benzene rings is 1. The highest BCUT2D eigenvalue weighted by Crippen LogP contribution is 2.29. The Bertz CT molecular complexity index is 662. The first-order valence-electron chi connectivity index (χ1n) is 7.16. The zero-order chi connectivity index (χ0) is 14.8. The number of ketones is 1. The summed E-state index contributed by atoms with van der Waals surface area (Å²) in [6, 6.07) is 8.32. The van der Waals surface area contributed by atoms with E-state index in [1.165, 1.54) is 25.7 Å². The number of rotatable bonds is 4. The lowest BCUT2D eigenvalue weighted by atomic mass is 10.1. The van der Waals surface area contributed by atoms with E-state index in [4.69, 9.17) is 0 Å². The molecular weight excluding hydrogens is 443 g/mol. The summed E-state index contributed by atoms with van der Waals surface area (Å²) >= 11 is 5.68. The molecule has 0 spiro atoms. The van der Waals surface area contributed by atoms with Crippen LogP contribution in [0.3, 0.4) is 0 Å². The van der Waals surface area contributed by atoms with Gasteiger partial charge in [-0.15, -0.1) is 0 Å². The Labute approximate surface area is 146 Å². The van der Waals surface area contributed by atoms with Crippen molar-refractivity contribution in [2.45, 2.75) is 38.1 Å². The third-order valence-corrected chi connectivity index (χ3v) is 5.30. The lowest BCUT2D eigenvalue weighted by Crippen LogP contribution is -2.08. The van der Waals surface area contributed by atoms with Crippen molar-refractivity contribution in [3.63, 3.8) is 0 Å². The molecule has 110 valence electrons. The molecule has 1 aromatic carbocycles. The molecule has 21 heavy (non-hydrogen) atoms. The number of hydrogen-bond acceptors (Lipinski definition) is 2. The van der Waals surface area contributed by atoms with E-state index in [0.717, 1.165) is 19.3 Å². The molecule has 3 nitrogen and oxygen atoms in total. The van der Waals surface area contributed by atoms with Gasteiger partial charge >= 0.3 is 0 Å². The SMILES string of the molecule is O=C(Cc1ccn(C2CCCC2)n1)c1cc(I)ccc1Br. The van der Waals surface area contributed by atoms with E-state index < -0.39 is 0 Å². The summed E-state index contributed by atoms with van der Waals surface area (Å²) in [7, 11) is 0. The fraction of sp³-hybridized carbons (Fsp3) is 0.375. The second-order valence-electron chi connectivity index (χ2n) is 5.45. The summed E-state index contributed by atoms with van der Waals surface area (Å²) in [6.45, 7) is 0. The van der Waals surface area contributed by atoms with E-state index in [1.807, 2.05) is 35.1 Å². The molecule has 0 saturated heterocycles. The van der Waals surface area contributed by atoms with Crippen LogP contribution in [-0.2, 0) is 6.42 Å². The maximum Gasteiger partial charge on any atom is 0.170 e. The number of hydrogen-bond donors (Lipinski definition) is 0. The smallest absolute Gasteiger partial charge is 0.170 e. The number of halogens is 2. The van der Waals surface area contributed by atoms with Crippen LogP contribution in [-0.4, -0.2) is 15.6 Å². The molecule has 0 atom stereocenters. The normalized spacial score (nSPS) is 15.5. The van der Waals surface area contributed by atoms with Crippen molar-refractivity contribution in [3.8, 4) is 0 Å². The number of Topliss-reactive ketones (excluding diaryl/α,β-unsaturated/α-hetero) is 1. The van der Waals surface area contributed by atoms with Crippen LogP contribution in [0.25, 0.3) is 0 Å². The standard InChI is InChI=1S/C16H16BrIN2O/c17-15-6-5-11(18)9-14(15)16(21)10-12-7-8-20(19-12)13-3-1-2-4-13/h5-9,13H,1-4,10H2. The Kier molecular flexibility index (Phi) is 4.78. The minimum absolute atomic E-state index is 0.108. The van der Waals surface area contributed by atoms with E-state index in [-0.39, 0.29) is 5.78 Å². The van der Waals surface area contributed by atoms with Crippen LogP contribution in [0.5, 0.6) is 0 Å². The number of carbonyl (C=O) groups excluding carboxylic acids is 1. The van der Waals surface area contributed by atoms with E-state index >= 15 is 0 Å². The third kappa shape index (κ3) is 3.56. The van der Waals surface area contributed by atoms with Crippen molar-refractivity contribution >= 4 is 44.3 Å². The summed E-state index contributed by atoms with van der Waals surface area (Å²) in [5, 5.41) is 4.59. The minimum atomic E-state index is 0.108. The summed E-state index contributed by atoms with van der Waals surface area (Å²) in [5.74, 6) is 0.108. The predicted octanol–water partition coefficient (Wildman–Crippen LogP) is 4.79. The molecule has 0 bridgehead atoms. The van der Waals surface area contributed by atoms with Crippen LogP contribution in [0.15, 0.2) is 34.9 Å². The Morgan fingerprint density at radius 1 is 1.33 bits per heavy atom. The lowest BCUT2D eigenvalue weighted by molar-refractivity contribution is 0.0991. The number of aromatic nitrogens is 2. The van der Waals surface area contributed by atoms with Crippen molar-refractivity contribution < 1.29 is 4.79 Å². The molecule has 1 aromatic heterocycles. The molecule has 1 fully saturated rings. The average molecular weight is 459 g/mol. The topological polar surface area (TPSA) is 34.9 Å². The molecule has 5 heteroatoms. The molecule has 0 unspecified atom stereocenters. The summed E-state index contributed by atoms with van der Waals surface area (Å²) < 4.78 is 3.96. The molecular formula is C16H16BrIN2O. The van der Waals surface area contributed by atoms with Gasteiger partial charge in [-0.2, -0.15) is 5.10 Å². The first-order chi connectivity index (χ1) is 10.1. The van der Waals surface area contributed by atoms with Crippen LogP contribution >= 0.6 is 38.5 Å². The third-order valence-electron chi connectivity index (χ3n) is 3.93. The van der Waals surface area contributed by atoms with E-state index in [1.54, 1.807) is 0 Å². The van der Waals surface area contributed by atoms with Crippen LogP contribution in [0, 0.1) is 3.57 Å². The molecule has 0 N–H and O–H groups in total. The van der Waals surface area contributed by atoms with Gasteiger partial charge in [-0.1, -0.05) is 28.8 Å². The van der Waals surface area contributed by atoms with Crippen molar-refractivity contribution in [2.75, 3.05) is 0 Å². The van der Waals surface area contributed by atoms with Crippen LogP contribution < -0.4 is 0 Å². The summed E-state index contributed by atoms with van der Waals surface area (Å²) in [6.07, 6.45) is 7.36. The lowest BCUT2D eigenvalue weighted by Gasteiger charge is -2.08. The Balaban J connectivity index is 1.74. The fourth-order valence-electron chi connectivity index (χ4n) is 2.81. The first kappa shape index (κ1) is 15.2. The molecule has 0 radical (unpaired) electrons. The van der Waals surface area contributed by atoms with E-state index in [9.17, 15) is 4.79 Å². The molecule has 2 aromatic rings. The molecule has 1 heterocycles. The van der Waals surface area contributed by atoms with Crippen LogP contribution in [0.1, 0.15) is 47.8 Å². The second-order valence-corrected chi connectivity index (χ2v) is 7.55. The zero-order valence-corrected chi connectivity index (χ0v) is 15.3. The van der Waals surface area contributed by atoms with Gasteiger partial charge < -0.3 is 0 Å². The maximum atomic E-state index is 12.4.